The summed E-state index contributed by atoms with van der Waals surface area (Å²) in [4.78, 5) is 7.78. The molecular formula is C18H19ClN2O. The highest BCUT2D eigenvalue weighted by Crippen LogP contribution is 2.28. The standard InChI is InChI=1S/C18H19ClN2O/c1-11(2)14-6-4-12(3)8-17(14)22-10-18-20-15-7-5-13(19)9-16(15)21-18/h4-9,11H,10H2,1-3H3,(H,20,21). The molecule has 114 valence electrons. The lowest BCUT2D eigenvalue weighted by Crippen LogP contribution is -2.01. The van der Waals surface area contributed by atoms with Crippen molar-refractivity contribution in [1.82, 2.24) is 9.97 Å². The van der Waals surface area contributed by atoms with Crippen LogP contribution in [-0.2, 0) is 6.61 Å². The lowest BCUT2D eigenvalue weighted by molar-refractivity contribution is 0.293. The predicted octanol–water partition coefficient (Wildman–Crippen LogP) is 5.23. The van der Waals surface area contributed by atoms with Crippen LogP contribution in [0.25, 0.3) is 11.0 Å². The Bertz CT molecular complexity index is 808. The molecule has 1 heterocycles. The molecule has 0 spiro atoms. The minimum atomic E-state index is 0.412. The average Bonchev–Trinajstić information content (AvgIpc) is 2.86. The Labute approximate surface area is 135 Å². The van der Waals surface area contributed by atoms with E-state index in [-0.39, 0.29) is 0 Å². The number of nitrogens with zero attached hydrogens (tertiary/aromatic N) is 1. The van der Waals surface area contributed by atoms with Gasteiger partial charge in [0.25, 0.3) is 0 Å². The molecule has 3 nitrogen and oxygen atoms in total. The van der Waals surface area contributed by atoms with E-state index >= 15 is 0 Å². The molecule has 0 aliphatic heterocycles. The van der Waals surface area contributed by atoms with Gasteiger partial charge in [-0.2, -0.15) is 0 Å². The van der Waals surface area contributed by atoms with E-state index in [2.05, 4.69) is 48.9 Å². The monoisotopic (exact) mass is 314 g/mol. The summed E-state index contributed by atoms with van der Waals surface area (Å²) in [5.74, 6) is 2.15. The van der Waals surface area contributed by atoms with Gasteiger partial charge in [0.2, 0.25) is 0 Å². The van der Waals surface area contributed by atoms with Gasteiger partial charge in [-0.1, -0.05) is 37.6 Å². The zero-order valence-electron chi connectivity index (χ0n) is 13.0. The molecule has 0 fully saturated rings. The van der Waals surface area contributed by atoms with Gasteiger partial charge < -0.3 is 9.72 Å². The topological polar surface area (TPSA) is 37.9 Å². The van der Waals surface area contributed by atoms with Crippen LogP contribution in [0.4, 0.5) is 0 Å². The van der Waals surface area contributed by atoms with E-state index in [4.69, 9.17) is 16.3 Å². The molecule has 4 heteroatoms. The number of aromatic nitrogens is 2. The van der Waals surface area contributed by atoms with Crippen LogP contribution in [0.1, 0.15) is 36.7 Å². The molecule has 0 bridgehead atoms. The molecular weight excluding hydrogens is 296 g/mol. The summed E-state index contributed by atoms with van der Waals surface area (Å²) < 4.78 is 6.00. The average molecular weight is 315 g/mol. The zero-order chi connectivity index (χ0) is 15.7. The summed E-state index contributed by atoms with van der Waals surface area (Å²) in [5, 5.41) is 0.699. The highest BCUT2D eigenvalue weighted by Gasteiger charge is 2.10. The van der Waals surface area contributed by atoms with Crippen molar-refractivity contribution in [3.05, 3.63) is 58.4 Å². The maximum atomic E-state index is 6.00. The van der Waals surface area contributed by atoms with Gasteiger partial charge in [0.05, 0.1) is 11.0 Å². The molecule has 0 atom stereocenters. The number of benzene rings is 2. The SMILES string of the molecule is Cc1ccc(C(C)C)c(OCc2nc3ccc(Cl)cc3[nH]2)c1. The highest BCUT2D eigenvalue weighted by molar-refractivity contribution is 6.31. The fraction of sp³-hybridized carbons (Fsp3) is 0.278. The number of hydrogen-bond acceptors (Lipinski definition) is 2. The number of H-pyrrole nitrogens is 1. The number of fused-ring (bicyclic) bond motifs is 1. The lowest BCUT2D eigenvalue weighted by Gasteiger charge is -2.14. The number of ether oxygens (including phenoxy) is 1. The lowest BCUT2D eigenvalue weighted by atomic mass is 10.0. The molecule has 3 rings (SSSR count). The Morgan fingerprint density at radius 3 is 2.77 bits per heavy atom. The first-order valence-corrected chi connectivity index (χ1v) is 7.78. The van der Waals surface area contributed by atoms with Crippen LogP contribution in [0.2, 0.25) is 5.02 Å². The second kappa shape index (κ2) is 6.01. The predicted molar refractivity (Wildman–Crippen MR) is 90.7 cm³/mol. The molecule has 0 amide bonds. The normalized spacial score (nSPS) is 11.3. The summed E-state index contributed by atoms with van der Waals surface area (Å²) in [6, 6.07) is 11.9. The molecule has 0 saturated heterocycles. The maximum absolute atomic E-state index is 6.00. The molecule has 22 heavy (non-hydrogen) atoms. The maximum Gasteiger partial charge on any atom is 0.146 e. The second-order valence-electron chi connectivity index (χ2n) is 5.83. The van der Waals surface area contributed by atoms with Crippen molar-refractivity contribution in [3.63, 3.8) is 0 Å². The Morgan fingerprint density at radius 2 is 2.00 bits per heavy atom. The molecule has 0 saturated carbocycles. The number of nitrogens with one attached hydrogen (secondary N) is 1. The Balaban J connectivity index is 1.83. The number of rotatable bonds is 4. The number of aromatic amines is 1. The fourth-order valence-corrected chi connectivity index (χ4v) is 2.66. The summed E-state index contributed by atoms with van der Waals surface area (Å²) in [7, 11) is 0. The molecule has 2 aromatic carbocycles. The summed E-state index contributed by atoms with van der Waals surface area (Å²) in [6.45, 7) is 6.82. The first-order valence-electron chi connectivity index (χ1n) is 7.40. The van der Waals surface area contributed by atoms with Crippen LogP contribution >= 0.6 is 11.6 Å². The van der Waals surface area contributed by atoms with E-state index in [1.807, 2.05) is 18.2 Å². The van der Waals surface area contributed by atoms with Crippen molar-refractivity contribution >= 4 is 22.6 Å². The van der Waals surface area contributed by atoms with Crippen LogP contribution < -0.4 is 4.74 Å². The number of halogens is 1. The van der Waals surface area contributed by atoms with Crippen LogP contribution in [-0.4, -0.2) is 9.97 Å². The molecule has 1 aromatic heterocycles. The van der Waals surface area contributed by atoms with Crippen molar-refractivity contribution in [3.8, 4) is 5.75 Å². The highest BCUT2D eigenvalue weighted by atomic mass is 35.5. The zero-order valence-corrected chi connectivity index (χ0v) is 13.7. The Kier molecular flexibility index (Phi) is 4.08. The summed E-state index contributed by atoms with van der Waals surface area (Å²) in [5.41, 5.74) is 4.23. The van der Waals surface area contributed by atoms with E-state index in [0.717, 1.165) is 22.6 Å². The fourth-order valence-electron chi connectivity index (χ4n) is 2.49. The third kappa shape index (κ3) is 3.09. The van der Waals surface area contributed by atoms with Gasteiger partial charge in [0, 0.05) is 5.02 Å². The summed E-state index contributed by atoms with van der Waals surface area (Å²) >= 11 is 5.99. The van der Waals surface area contributed by atoms with Crippen LogP contribution in [0.5, 0.6) is 5.75 Å². The minimum Gasteiger partial charge on any atom is -0.485 e. The smallest absolute Gasteiger partial charge is 0.146 e. The van der Waals surface area contributed by atoms with E-state index in [1.54, 1.807) is 0 Å². The molecule has 3 aromatic rings. The number of aryl methyl sites for hydroxylation is 1. The van der Waals surface area contributed by atoms with Gasteiger partial charge in [-0.05, 0) is 48.2 Å². The molecule has 0 radical (unpaired) electrons. The van der Waals surface area contributed by atoms with Gasteiger partial charge in [0.15, 0.2) is 0 Å². The first-order chi connectivity index (χ1) is 10.5. The van der Waals surface area contributed by atoms with Crippen LogP contribution in [0.3, 0.4) is 0 Å². The van der Waals surface area contributed by atoms with Gasteiger partial charge >= 0.3 is 0 Å². The molecule has 0 aliphatic carbocycles. The largest absolute Gasteiger partial charge is 0.485 e. The van der Waals surface area contributed by atoms with Crippen molar-refractivity contribution in [1.29, 1.82) is 0 Å². The third-order valence-electron chi connectivity index (χ3n) is 3.65. The van der Waals surface area contributed by atoms with Crippen molar-refractivity contribution < 1.29 is 4.74 Å². The first kappa shape index (κ1) is 14.9. The van der Waals surface area contributed by atoms with E-state index < -0.39 is 0 Å². The van der Waals surface area contributed by atoms with Gasteiger partial charge in [-0.3, -0.25) is 0 Å². The van der Waals surface area contributed by atoms with Gasteiger partial charge in [0.1, 0.15) is 18.2 Å². The molecule has 0 unspecified atom stereocenters. The third-order valence-corrected chi connectivity index (χ3v) is 3.88. The molecule has 0 aliphatic rings. The number of hydrogen-bond donors (Lipinski definition) is 1. The quantitative estimate of drug-likeness (QED) is 0.716. The van der Waals surface area contributed by atoms with Crippen molar-refractivity contribution in [2.75, 3.05) is 0 Å². The minimum absolute atomic E-state index is 0.412. The van der Waals surface area contributed by atoms with Crippen LogP contribution in [0.15, 0.2) is 36.4 Å². The van der Waals surface area contributed by atoms with E-state index in [1.165, 1.54) is 11.1 Å². The Hall–Kier alpha value is -2.00. The Morgan fingerprint density at radius 1 is 1.18 bits per heavy atom. The summed E-state index contributed by atoms with van der Waals surface area (Å²) in [6.07, 6.45) is 0. The van der Waals surface area contributed by atoms with Crippen molar-refractivity contribution in [2.24, 2.45) is 0 Å². The van der Waals surface area contributed by atoms with Gasteiger partial charge in [-0.25, -0.2) is 4.98 Å². The van der Waals surface area contributed by atoms with Crippen molar-refractivity contribution in [2.45, 2.75) is 33.3 Å². The van der Waals surface area contributed by atoms with Gasteiger partial charge in [-0.15, -0.1) is 0 Å². The van der Waals surface area contributed by atoms with E-state index in [9.17, 15) is 0 Å². The number of imidazole rings is 1. The second-order valence-corrected chi connectivity index (χ2v) is 6.27. The molecule has 1 N–H and O–H groups in total. The van der Waals surface area contributed by atoms with E-state index in [0.29, 0.717) is 17.5 Å². The van der Waals surface area contributed by atoms with Crippen LogP contribution in [0, 0.1) is 6.92 Å².